The minimum absolute atomic E-state index is 0.00328. The molecule has 2 aromatic carbocycles. The largest absolute Gasteiger partial charge is 0.497 e. The molecule has 1 N–H and O–H groups in total. The zero-order valence-corrected chi connectivity index (χ0v) is 20.3. The van der Waals surface area contributed by atoms with Crippen LogP contribution in [0.4, 0.5) is 0 Å². The summed E-state index contributed by atoms with van der Waals surface area (Å²) >= 11 is 1.24. The van der Waals surface area contributed by atoms with Crippen LogP contribution in [-0.2, 0) is 4.79 Å². The summed E-state index contributed by atoms with van der Waals surface area (Å²) < 4.78 is 13.1. The molecule has 176 valence electrons. The fraction of sp³-hybridized carbons (Fsp3) is 0.154. The maximum atomic E-state index is 12.8. The third-order valence-corrected chi connectivity index (χ3v) is 6.58. The Labute approximate surface area is 207 Å². The third-order valence-electron chi connectivity index (χ3n) is 5.70. The number of hydrazone groups is 1. The Morgan fingerprint density at radius 3 is 2.51 bits per heavy atom. The van der Waals surface area contributed by atoms with Crippen molar-refractivity contribution in [3.63, 3.8) is 0 Å². The number of ether oxygens (including phenoxy) is 2. The van der Waals surface area contributed by atoms with Gasteiger partial charge >= 0.3 is 0 Å². The molecule has 0 saturated carbocycles. The Kier molecular flexibility index (Phi) is 6.00. The van der Waals surface area contributed by atoms with Gasteiger partial charge in [-0.3, -0.25) is 10.2 Å². The quantitative estimate of drug-likeness (QED) is 0.507. The lowest BCUT2D eigenvalue weighted by atomic mass is 10.1. The van der Waals surface area contributed by atoms with Crippen LogP contribution in [-0.4, -0.2) is 45.2 Å². The average molecular weight is 486 g/mol. The molecule has 0 unspecified atom stereocenters. The van der Waals surface area contributed by atoms with E-state index in [1.807, 2.05) is 74.5 Å². The normalized spacial score (nSPS) is 16.3. The minimum atomic E-state index is -0.455. The fourth-order valence-electron chi connectivity index (χ4n) is 3.97. The van der Waals surface area contributed by atoms with Crippen molar-refractivity contribution in [3.8, 4) is 17.2 Å². The van der Waals surface area contributed by atoms with E-state index in [1.54, 1.807) is 13.2 Å². The van der Waals surface area contributed by atoms with Gasteiger partial charge in [-0.1, -0.05) is 18.2 Å². The zero-order chi connectivity index (χ0) is 24.5. The number of aliphatic imine (C=N–C) groups is 1. The topological polar surface area (TPSA) is 92.3 Å². The molecule has 0 atom stereocenters. The van der Waals surface area contributed by atoms with Crippen molar-refractivity contribution in [1.82, 2.24) is 9.58 Å². The van der Waals surface area contributed by atoms with Crippen molar-refractivity contribution >= 4 is 39.8 Å². The number of amides is 1. The molecule has 9 heteroatoms. The fourth-order valence-corrected chi connectivity index (χ4v) is 4.77. The molecule has 0 spiro atoms. The molecule has 3 heterocycles. The first-order valence-corrected chi connectivity index (χ1v) is 11.8. The SMILES string of the molecule is COc1ccc(-n2c(C)cc(/C=C3/C(=N)N4N=C(COc5ccccc5)SC4=NC3=O)c2C)cc1. The number of aryl methyl sites for hydroxylation is 1. The molecule has 0 bridgehead atoms. The standard InChI is InChI=1S/C26H23N5O3S/c1-16-13-18(17(2)30(16)19-9-11-20(33-3)12-10-19)14-22-24(27)31-26(28-25(22)32)35-23(29-31)15-34-21-7-5-4-6-8-21/h4-14,27H,15H2,1-3H3/b22-14-,27-24?. The number of benzene rings is 2. The summed E-state index contributed by atoms with van der Waals surface area (Å²) in [6, 6.07) is 19.2. The summed E-state index contributed by atoms with van der Waals surface area (Å²) in [5, 5.41) is 15.5. The second-order valence-corrected chi connectivity index (χ2v) is 9.02. The third kappa shape index (κ3) is 4.38. The van der Waals surface area contributed by atoms with Crippen LogP contribution in [0.1, 0.15) is 17.0 Å². The summed E-state index contributed by atoms with van der Waals surface area (Å²) in [5.74, 6) is 1.05. The molecule has 35 heavy (non-hydrogen) atoms. The first kappa shape index (κ1) is 22.7. The number of para-hydroxylation sites is 1. The van der Waals surface area contributed by atoms with Crippen LogP contribution in [0.2, 0.25) is 0 Å². The van der Waals surface area contributed by atoms with Gasteiger partial charge < -0.3 is 14.0 Å². The monoisotopic (exact) mass is 485 g/mol. The molecule has 0 radical (unpaired) electrons. The number of aromatic nitrogens is 1. The van der Waals surface area contributed by atoms with E-state index in [0.29, 0.717) is 10.2 Å². The van der Waals surface area contributed by atoms with Gasteiger partial charge in [-0.15, -0.1) is 0 Å². The predicted octanol–water partition coefficient (Wildman–Crippen LogP) is 4.80. The predicted molar refractivity (Wildman–Crippen MR) is 139 cm³/mol. The molecule has 2 aliphatic rings. The van der Waals surface area contributed by atoms with Gasteiger partial charge in [0.15, 0.2) is 5.84 Å². The average Bonchev–Trinajstić information content (AvgIpc) is 3.40. The van der Waals surface area contributed by atoms with E-state index >= 15 is 0 Å². The summed E-state index contributed by atoms with van der Waals surface area (Å²) in [4.78, 5) is 17.0. The first-order valence-electron chi connectivity index (χ1n) is 10.9. The van der Waals surface area contributed by atoms with Gasteiger partial charge in [0.05, 0.1) is 12.7 Å². The van der Waals surface area contributed by atoms with E-state index in [0.717, 1.165) is 34.1 Å². The molecule has 5 rings (SSSR count). The number of nitrogens with one attached hydrogen (secondary N) is 1. The maximum Gasteiger partial charge on any atom is 0.283 e. The van der Waals surface area contributed by atoms with E-state index in [-0.39, 0.29) is 18.0 Å². The van der Waals surface area contributed by atoms with Gasteiger partial charge in [-0.25, -0.2) is 0 Å². The van der Waals surface area contributed by atoms with Crippen molar-refractivity contribution < 1.29 is 14.3 Å². The first-order chi connectivity index (χ1) is 16.9. The van der Waals surface area contributed by atoms with Crippen LogP contribution in [0.15, 0.2) is 76.3 Å². The number of hydrogen-bond donors (Lipinski definition) is 1. The highest BCUT2D eigenvalue weighted by molar-refractivity contribution is 8.27. The second-order valence-electron chi connectivity index (χ2n) is 7.98. The molecule has 3 aromatic rings. The number of carbonyl (C=O) groups excluding carboxylic acids is 1. The smallest absolute Gasteiger partial charge is 0.283 e. The maximum absolute atomic E-state index is 12.8. The van der Waals surface area contributed by atoms with E-state index < -0.39 is 5.91 Å². The van der Waals surface area contributed by atoms with Gasteiger partial charge in [0.1, 0.15) is 23.1 Å². The van der Waals surface area contributed by atoms with Crippen molar-refractivity contribution in [3.05, 3.63) is 83.2 Å². The van der Waals surface area contributed by atoms with Gasteiger partial charge in [0, 0.05) is 17.1 Å². The molecule has 0 aliphatic carbocycles. The molecular weight excluding hydrogens is 462 g/mol. The van der Waals surface area contributed by atoms with Crippen LogP contribution in [0, 0.1) is 19.3 Å². The lowest BCUT2D eigenvalue weighted by Gasteiger charge is -2.20. The summed E-state index contributed by atoms with van der Waals surface area (Å²) in [6.45, 7) is 4.22. The highest BCUT2D eigenvalue weighted by Crippen LogP contribution is 2.30. The molecule has 1 amide bonds. The Balaban J connectivity index is 1.40. The van der Waals surface area contributed by atoms with Crippen molar-refractivity contribution in [1.29, 1.82) is 5.41 Å². The highest BCUT2D eigenvalue weighted by atomic mass is 32.2. The number of nitrogens with zero attached hydrogens (tertiary/aromatic N) is 4. The molecule has 0 saturated heterocycles. The highest BCUT2D eigenvalue weighted by Gasteiger charge is 2.36. The van der Waals surface area contributed by atoms with E-state index in [4.69, 9.17) is 14.9 Å². The van der Waals surface area contributed by atoms with Gasteiger partial charge in [0.2, 0.25) is 5.17 Å². The molecular formula is C26H23N5O3S. The number of rotatable bonds is 6. The summed E-state index contributed by atoms with van der Waals surface area (Å²) in [7, 11) is 1.64. The Hall–Kier alpha value is -4.11. The number of carbonyl (C=O) groups is 1. The van der Waals surface area contributed by atoms with Crippen molar-refractivity contribution in [2.75, 3.05) is 13.7 Å². The molecule has 1 aromatic heterocycles. The summed E-state index contributed by atoms with van der Waals surface area (Å²) in [5.41, 5.74) is 3.98. The van der Waals surface area contributed by atoms with Crippen LogP contribution in [0.5, 0.6) is 11.5 Å². The lowest BCUT2D eigenvalue weighted by Crippen LogP contribution is -2.35. The van der Waals surface area contributed by atoms with E-state index in [9.17, 15) is 4.79 Å². The zero-order valence-electron chi connectivity index (χ0n) is 19.5. The molecule has 8 nitrogen and oxygen atoms in total. The number of hydrogen-bond acceptors (Lipinski definition) is 6. The van der Waals surface area contributed by atoms with Crippen LogP contribution < -0.4 is 9.47 Å². The van der Waals surface area contributed by atoms with Crippen molar-refractivity contribution in [2.24, 2.45) is 10.1 Å². The number of fused-ring (bicyclic) bond motifs is 1. The van der Waals surface area contributed by atoms with Gasteiger partial charge in [0.25, 0.3) is 5.91 Å². The van der Waals surface area contributed by atoms with Crippen LogP contribution in [0.3, 0.4) is 0 Å². The van der Waals surface area contributed by atoms with E-state index in [2.05, 4.69) is 14.7 Å². The van der Waals surface area contributed by atoms with Crippen LogP contribution >= 0.6 is 11.8 Å². The Morgan fingerprint density at radius 2 is 1.80 bits per heavy atom. The van der Waals surface area contributed by atoms with Gasteiger partial charge in [-0.05, 0) is 79.7 Å². The molecule has 2 aliphatic heterocycles. The Morgan fingerprint density at radius 1 is 1.06 bits per heavy atom. The second kappa shape index (κ2) is 9.27. The minimum Gasteiger partial charge on any atom is -0.497 e. The Bertz CT molecular complexity index is 1400. The lowest BCUT2D eigenvalue weighted by molar-refractivity contribution is -0.114. The number of methoxy groups -OCH3 is 1. The van der Waals surface area contributed by atoms with E-state index in [1.165, 1.54) is 16.8 Å². The molecule has 0 fully saturated rings. The van der Waals surface area contributed by atoms with Gasteiger partial charge in [-0.2, -0.15) is 15.1 Å². The number of thioether (sulfide) groups is 1. The van der Waals surface area contributed by atoms with Crippen molar-refractivity contribution in [2.45, 2.75) is 13.8 Å². The number of amidine groups is 2. The van der Waals surface area contributed by atoms with Crippen LogP contribution in [0.25, 0.3) is 11.8 Å². The summed E-state index contributed by atoms with van der Waals surface area (Å²) in [6.07, 6.45) is 1.71.